The summed E-state index contributed by atoms with van der Waals surface area (Å²) in [5, 5.41) is 13.5. The van der Waals surface area contributed by atoms with Gasteiger partial charge in [-0.05, 0) is 30.7 Å². The summed E-state index contributed by atoms with van der Waals surface area (Å²) in [7, 11) is 0. The second-order valence-corrected chi connectivity index (χ2v) is 4.60. The maximum atomic E-state index is 12.1. The van der Waals surface area contributed by atoms with Gasteiger partial charge in [-0.1, -0.05) is 29.8 Å². The third kappa shape index (κ3) is 2.95. The minimum absolute atomic E-state index is 0.00226. The van der Waals surface area contributed by atoms with Crippen molar-refractivity contribution in [1.82, 2.24) is 0 Å². The molecule has 0 aliphatic carbocycles. The van der Waals surface area contributed by atoms with Gasteiger partial charge in [0.1, 0.15) is 5.02 Å². The number of aryl methyl sites for hydroxylation is 1. The Morgan fingerprint density at radius 1 is 1.25 bits per heavy atom. The highest BCUT2D eigenvalue weighted by atomic mass is 35.5. The summed E-state index contributed by atoms with van der Waals surface area (Å²) in [5.74, 6) is -0.418. The van der Waals surface area contributed by atoms with E-state index < -0.39 is 10.8 Å². The van der Waals surface area contributed by atoms with Crippen LogP contribution in [0.3, 0.4) is 0 Å². The van der Waals surface area contributed by atoms with Crippen molar-refractivity contribution in [3.05, 3.63) is 68.7 Å². The average molecular weight is 291 g/mol. The van der Waals surface area contributed by atoms with E-state index in [2.05, 4.69) is 5.32 Å². The van der Waals surface area contributed by atoms with Gasteiger partial charge in [-0.2, -0.15) is 0 Å². The molecule has 2 rings (SSSR count). The maximum absolute atomic E-state index is 12.1. The monoisotopic (exact) mass is 290 g/mol. The second kappa shape index (κ2) is 5.71. The number of nitro benzene ring substituents is 1. The molecule has 5 nitrogen and oxygen atoms in total. The lowest BCUT2D eigenvalue weighted by molar-refractivity contribution is -0.384. The number of benzene rings is 2. The van der Waals surface area contributed by atoms with E-state index in [-0.39, 0.29) is 16.3 Å². The number of hydrogen-bond donors (Lipinski definition) is 1. The Bertz CT molecular complexity index is 686. The molecule has 0 aromatic heterocycles. The predicted octanol–water partition coefficient (Wildman–Crippen LogP) is 3.81. The van der Waals surface area contributed by atoms with Gasteiger partial charge in [0.05, 0.1) is 4.92 Å². The maximum Gasteiger partial charge on any atom is 0.288 e. The first-order valence-corrected chi connectivity index (χ1v) is 6.18. The third-order valence-corrected chi connectivity index (χ3v) is 3.12. The molecule has 0 radical (unpaired) electrons. The number of hydrogen-bond acceptors (Lipinski definition) is 3. The van der Waals surface area contributed by atoms with E-state index in [0.29, 0.717) is 5.69 Å². The van der Waals surface area contributed by atoms with Crippen LogP contribution in [0.2, 0.25) is 5.02 Å². The number of carbonyl (C=O) groups is 1. The number of nitrogens with zero attached hydrogens (tertiary/aromatic N) is 1. The molecule has 20 heavy (non-hydrogen) atoms. The van der Waals surface area contributed by atoms with Crippen LogP contribution in [0.15, 0.2) is 42.5 Å². The van der Waals surface area contributed by atoms with Crippen LogP contribution in [0.4, 0.5) is 11.4 Å². The quantitative estimate of drug-likeness (QED) is 0.690. The van der Waals surface area contributed by atoms with E-state index in [4.69, 9.17) is 11.6 Å². The molecule has 102 valence electrons. The Morgan fingerprint density at radius 2 is 1.95 bits per heavy atom. The molecule has 0 aliphatic rings. The molecule has 0 atom stereocenters. The van der Waals surface area contributed by atoms with Gasteiger partial charge in [0.25, 0.3) is 11.6 Å². The van der Waals surface area contributed by atoms with E-state index in [9.17, 15) is 14.9 Å². The molecule has 0 bridgehead atoms. The lowest BCUT2D eigenvalue weighted by Crippen LogP contribution is -2.13. The molecule has 6 heteroatoms. The van der Waals surface area contributed by atoms with E-state index in [1.807, 2.05) is 19.1 Å². The highest BCUT2D eigenvalue weighted by Crippen LogP contribution is 2.25. The van der Waals surface area contributed by atoms with Crippen molar-refractivity contribution < 1.29 is 9.72 Å². The first-order valence-electron chi connectivity index (χ1n) is 5.80. The summed E-state index contributed by atoms with van der Waals surface area (Å²) in [6, 6.07) is 11.2. The third-order valence-electron chi connectivity index (χ3n) is 2.80. The molecule has 0 unspecified atom stereocenters. The fourth-order valence-corrected chi connectivity index (χ4v) is 1.89. The van der Waals surface area contributed by atoms with Crippen LogP contribution in [0.5, 0.6) is 0 Å². The number of anilines is 1. The summed E-state index contributed by atoms with van der Waals surface area (Å²) in [6.07, 6.45) is 0. The van der Waals surface area contributed by atoms with E-state index in [1.54, 1.807) is 12.1 Å². The van der Waals surface area contributed by atoms with Gasteiger partial charge in [0.15, 0.2) is 0 Å². The van der Waals surface area contributed by atoms with Gasteiger partial charge in [-0.25, -0.2) is 0 Å². The van der Waals surface area contributed by atoms with Gasteiger partial charge in [-0.15, -0.1) is 0 Å². The molecular formula is C14H11ClN2O3. The van der Waals surface area contributed by atoms with Gasteiger partial charge in [-0.3, -0.25) is 14.9 Å². The van der Waals surface area contributed by atoms with Gasteiger partial charge in [0, 0.05) is 17.3 Å². The van der Waals surface area contributed by atoms with Gasteiger partial charge >= 0.3 is 0 Å². The van der Waals surface area contributed by atoms with Gasteiger partial charge < -0.3 is 5.32 Å². The molecule has 0 fully saturated rings. The molecule has 1 N–H and O–H groups in total. The highest BCUT2D eigenvalue weighted by molar-refractivity contribution is 6.32. The number of nitro groups is 1. The van der Waals surface area contributed by atoms with Crippen molar-refractivity contribution in [2.24, 2.45) is 0 Å². The van der Waals surface area contributed by atoms with Gasteiger partial charge in [0.2, 0.25) is 0 Å². The van der Waals surface area contributed by atoms with Crippen molar-refractivity contribution in [2.75, 3.05) is 5.32 Å². The van der Waals surface area contributed by atoms with Crippen LogP contribution < -0.4 is 5.32 Å². The Labute approximate surface area is 120 Å². The Hall–Kier alpha value is -2.40. The molecule has 0 spiro atoms. The summed E-state index contributed by atoms with van der Waals surface area (Å²) in [5.41, 5.74) is 1.47. The number of carbonyl (C=O) groups excluding carboxylic acids is 1. The molecule has 0 saturated carbocycles. The zero-order valence-corrected chi connectivity index (χ0v) is 11.3. The highest BCUT2D eigenvalue weighted by Gasteiger charge is 2.16. The van der Waals surface area contributed by atoms with Crippen LogP contribution in [-0.4, -0.2) is 10.8 Å². The number of para-hydroxylation sites is 1. The molecule has 0 aliphatic heterocycles. The number of nitrogens with one attached hydrogen (secondary N) is 1. The minimum Gasteiger partial charge on any atom is -0.322 e. The average Bonchev–Trinajstić information content (AvgIpc) is 2.41. The molecule has 1 amide bonds. The summed E-state index contributed by atoms with van der Waals surface area (Å²) in [4.78, 5) is 22.3. The van der Waals surface area contributed by atoms with E-state index in [1.165, 1.54) is 12.1 Å². The zero-order chi connectivity index (χ0) is 14.7. The topological polar surface area (TPSA) is 72.2 Å². The van der Waals surface area contributed by atoms with Crippen LogP contribution in [0.25, 0.3) is 0 Å². The lowest BCUT2D eigenvalue weighted by Gasteiger charge is -2.08. The number of amides is 1. The van der Waals surface area contributed by atoms with Crippen LogP contribution in [0, 0.1) is 17.0 Å². The van der Waals surface area contributed by atoms with Crippen molar-refractivity contribution in [3.8, 4) is 0 Å². The fourth-order valence-electron chi connectivity index (χ4n) is 1.70. The SMILES string of the molecule is Cc1ccccc1NC(=O)c1ccc(Cl)c([N+](=O)[O-])c1. The summed E-state index contributed by atoms with van der Waals surface area (Å²) in [6.45, 7) is 1.86. The predicted molar refractivity (Wildman–Crippen MR) is 77.2 cm³/mol. The minimum atomic E-state index is -0.618. The van der Waals surface area contributed by atoms with Crippen molar-refractivity contribution in [2.45, 2.75) is 6.92 Å². The second-order valence-electron chi connectivity index (χ2n) is 4.19. The fraction of sp³-hybridized carbons (Fsp3) is 0.0714. The Kier molecular flexibility index (Phi) is 4.00. The first-order chi connectivity index (χ1) is 9.49. The molecule has 2 aromatic rings. The summed E-state index contributed by atoms with van der Waals surface area (Å²) >= 11 is 5.71. The first kappa shape index (κ1) is 14.0. The molecule has 2 aromatic carbocycles. The smallest absolute Gasteiger partial charge is 0.288 e. The van der Waals surface area contributed by atoms with Crippen LogP contribution >= 0.6 is 11.6 Å². The normalized spacial score (nSPS) is 10.1. The van der Waals surface area contributed by atoms with Crippen molar-refractivity contribution in [1.29, 1.82) is 0 Å². The molecule has 0 heterocycles. The molecule has 0 saturated heterocycles. The summed E-state index contributed by atoms with van der Waals surface area (Å²) < 4.78 is 0. The lowest BCUT2D eigenvalue weighted by atomic mass is 10.1. The van der Waals surface area contributed by atoms with Crippen molar-refractivity contribution in [3.63, 3.8) is 0 Å². The van der Waals surface area contributed by atoms with Crippen LogP contribution in [-0.2, 0) is 0 Å². The van der Waals surface area contributed by atoms with E-state index >= 15 is 0 Å². The number of rotatable bonds is 3. The van der Waals surface area contributed by atoms with Crippen LogP contribution in [0.1, 0.15) is 15.9 Å². The standard InChI is InChI=1S/C14H11ClN2O3/c1-9-4-2-3-5-12(9)16-14(18)10-6-7-11(15)13(8-10)17(19)20/h2-8H,1H3,(H,16,18). The zero-order valence-electron chi connectivity index (χ0n) is 10.6. The van der Waals surface area contributed by atoms with E-state index in [0.717, 1.165) is 11.6 Å². The molecular weight excluding hydrogens is 280 g/mol. The Balaban J connectivity index is 2.28. The number of halogens is 1. The Morgan fingerprint density at radius 3 is 2.60 bits per heavy atom. The van der Waals surface area contributed by atoms with Crippen molar-refractivity contribution >= 4 is 28.9 Å². The largest absolute Gasteiger partial charge is 0.322 e.